The first-order chi connectivity index (χ1) is 12.1. The largest absolute Gasteiger partial charge is 0.368 e. The van der Waals surface area contributed by atoms with Gasteiger partial charge >= 0.3 is 0 Å². The lowest BCUT2D eigenvalue weighted by Gasteiger charge is -2.34. The smallest absolute Gasteiger partial charge is 0.235 e. The fourth-order valence-corrected chi connectivity index (χ4v) is 3.26. The van der Waals surface area contributed by atoms with Gasteiger partial charge in [0.05, 0.1) is 12.6 Å². The van der Waals surface area contributed by atoms with Crippen LogP contribution in [0.4, 0.5) is 0 Å². The highest BCUT2D eigenvalue weighted by Crippen LogP contribution is 2.22. The molecule has 0 fully saturated rings. The lowest BCUT2D eigenvalue weighted by atomic mass is 9.93. The number of nitrogens with two attached hydrogens (primary N) is 1. The highest BCUT2D eigenvalue weighted by atomic mass is 16.2. The predicted molar refractivity (Wildman–Crippen MR) is 96.7 cm³/mol. The summed E-state index contributed by atoms with van der Waals surface area (Å²) in [5.41, 5.74) is 9.02. The van der Waals surface area contributed by atoms with Gasteiger partial charge < -0.3 is 11.1 Å². The van der Waals surface area contributed by atoms with E-state index in [-0.39, 0.29) is 18.4 Å². The summed E-state index contributed by atoms with van der Waals surface area (Å²) in [7, 11) is 0. The highest BCUT2D eigenvalue weighted by molar-refractivity contribution is 5.83. The van der Waals surface area contributed by atoms with Gasteiger partial charge in [-0.1, -0.05) is 54.6 Å². The number of hydrogen-bond donors (Lipinski definition) is 2. The quantitative estimate of drug-likeness (QED) is 0.833. The third-order valence-electron chi connectivity index (χ3n) is 4.60. The molecule has 1 heterocycles. The van der Waals surface area contributed by atoms with Crippen molar-refractivity contribution in [1.29, 1.82) is 0 Å². The number of rotatable bonds is 6. The molecule has 1 atom stereocenters. The summed E-state index contributed by atoms with van der Waals surface area (Å²) in [6.07, 6.45) is 1.34. The number of benzene rings is 2. The van der Waals surface area contributed by atoms with Gasteiger partial charge in [0.25, 0.3) is 0 Å². The summed E-state index contributed by atoms with van der Waals surface area (Å²) in [5, 5.41) is 2.93. The van der Waals surface area contributed by atoms with Crippen molar-refractivity contribution < 1.29 is 9.59 Å². The van der Waals surface area contributed by atoms with E-state index in [9.17, 15) is 9.59 Å². The van der Waals surface area contributed by atoms with Crippen molar-refractivity contribution in [2.45, 2.75) is 25.4 Å². The molecule has 2 amide bonds. The first-order valence-corrected chi connectivity index (χ1v) is 8.54. The van der Waals surface area contributed by atoms with Crippen LogP contribution in [0.25, 0.3) is 0 Å². The van der Waals surface area contributed by atoms with Crippen LogP contribution in [-0.4, -0.2) is 35.8 Å². The zero-order valence-corrected chi connectivity index (χ0v) is 14.2. The molecule has 1 unspecified atom stereocenters. The molecule has 0 spiro atoms. The standard InChI is InChI=1S/C20H23N3O2/c21-20(25)18-12-16-8-4-5-9-17(16)13-23(18)14-19(24)22-11-10-15-6-2-1-3-7-15/h1-9,18H,10-14H2,(H2,21,25)(H,22,24). The Balaban J connectivity index is 1.56. The van der Waals surface area contributed by atoms with Crippen molar-refractivity contribution in [3.8, 4) is 0 Å². The van der Waals surface area contributed by atoms with Crippen molar-refractivity contribution in [3.63, 3.8) is 0 Å². The van der Waals surface area contributed by atoms with Gasteiger partial charge in [0.15, 0.2) is 0 Å². The first kappa shape index (κ1) is 17.2. The minimum absolute atomic E-state index is 0.0819. The molecule has 1 aliphatic heterocycles. The van der Waals surface area contributed by atoms with Crippen LogP contribution in [0.2, 0.25) is 0 Å². The van der Waals surface area contributed by atoms with E-state index in [1.165, 1.54) is 5.56 Å². The van der Waals surface area contributed by atoms with Crippen LogP contribution in [0.15, 0.2) is 54.6 Å². The second kappa shape index (κ2) is 7.94. The number of carbonyl (C=O) groups excluding carboxylic acids is 2. The van der Waals surface area contributed by atoms with Gasteiger partial charge in [-0.05, 0) is 29.5 Å². The molecular weight excluding hydrogens is 314 g/mol. The molecule has 0 aromatic heterocycles. The molecule has 1 aliphatic rings. The molecule has 130 valence electrons. The first-order valence-electron chi connectivity index (χ1n) is 8.54. The minimum atomic E-state index is -0.435. The molecule has 0 saturated heterocycles. The van der Waals surface area contributed by atoms with E-state index in [4.69, 9.17) is 5.73 Å². The maximum atomic E-state index is 12.3. The van der Waals surface area contributed by atoms with Gasteiger partial charge in [-0.25, -0.2) is 0 Å². The zero-order valence-electron chi connectivity index (χ0n) is 14.2. The van der Waals surface area contributed by atoms with Crippen molar-refractivity contribution >= 4 is 11.8 Å². The van der Waals surface area contributed by atoms with E-state index in [1.54, 1.807) is 0 Å². The van der Waals surface area contributed by atoms with Crippen LogP contribution in [0.3, 0.4) is 0 Å². The van der Waals surface area contributed by atoms with Crippen molar-refractivity contribution in [2.24, 2.45) is 5.73 Å². The van der Waals surface area contributed by atoms with Crippen molar-refractivity contribution in [2.75, 3.05) is 13.1 Å². The van der Waals surface area contributed by atoms with Gasteiger partial charge in [0, 0.05) is 13.1 Å². The third-order valence-corrected chi connectivity index (χ3v) is 4.60. The number of nitrogens with zero attached hydrogens (tertiary/aromatic N) is 1. The molecule has 5 heteroatoms. The Labute approximate surface area is 147 Å². The third kappa shape index (κ3) is 4.45. The molecule has 2 aromatic carbocycles. The Morgan fingerprint density at radius 3 is 2.44 bits per heavy atom. The molecule has 2 aromatic rings. The van der Waals surface area contributed by atoms with E-state index in [0.29, 0.717) is 19.5 Å². The Bertz CT molecular complexity index is 746. The average Bonchev–Trinajstić information content (AvgIpc) is 2.62. The number of fused-ring (bicyclic) bond motifs is 1. The lowest BCUT2D eigenvalue weighted by molar-refractivity contribution is -0.127. The Morgan fingerprint density at radius 1 is 1.04 bits per heavy atom. The van der Waals surface area contributed by atoms with Crippen LogP contribution in [-0.2, 0) is 29.0 Å². The van der Waals surface area contributed by atoms with Gasteiger partial charge in [-0.2, -0.15) is 0 Å². The van der Waals surface area contributed by atoms with E-state index >= 15 is 0 Å². The summed E-state index contributed by atoms with van der Waals surface area (Å²) in [6, 6.07) is 17.6. The monoisotopic (exact) mass is 337 g/mol. The summed E-state index contributed by atoms with van der Waals surface area (Å²) >= 11 is 0. The molecule has 0 saturated carbocycles. The molecule has 5 nitrogen and oxygen atoms in total. The van der Waals surface area contributed by atoms with E-state index in [2.05, 4.69) is 5.32 Å². The summed E-state index contributed by atoms with van der Waals surface area (Å²) in [5.74, 6) is -0.465. The number of nitrogens with one attached hydrogen (secondary N) is 1. The normalized spacial score (nSPS) is 16.9. The zero-order chi connectivity index (χ0) is 17.6. The molecule has 0 aliphatic carbocycles. The fourth-order valence-electron chi connectivity index (χ4n) is 3.26. The topological polar surface area (TPSA) is 75.4 Å². The summed E-state index contributed by atoms with van der Waals surface area (Å²) < 4.78 is 0. The molecule has 3 rings (SSSR count). The number of carbonyl (C=O) groups is 2. The average molecular weight is 337 g/mol. The van der Waals surface area contributed by atoms with E-state index in [0.717, 1.165) is 17.5 Å². The predicted octanol–water partition coefficient (Wildman–Crippen LogP) is 1.26. The molecular formula is C20H23N3O2. The van der Waals surface area contributed by atoms with E-state index in [1.807, 2.05) is 59.5 Å². The Morgan fingerprint density at radius 2 is 1.72 bits per heavy atom. The number of amides is 2. The summed E-state index contributed by atoms with van der Waals surface area (Å²) in [6.45, 7) is 1.32. The lowest BCUT2D eigenvalue weighted by Crippen LogP contribution is -2.51. The van der Waals surface area contributed by atoms with Crippen LogP contribution in [0.5, 0.6) is 0 Å². The molecule has 25 heavy (non-hydrogen) atoms. The number of primary amides is 1. The second-order valence-corrected chi connectivity index (χ2v) is 6.38. The SMILES string of the molecule is NC(=O)C1Cc2ccccc2CN1CC(=O)NCCc1ccccc1. The molecule has 0 radical (unpaired) electrons. The van der Waals surface area contributed by atoms with Crippen LogP contribution < -0.4 is 11.1 Å². The fraction of sp³-hybridized carbons (Fsp3) is 0.300. The Hall–Kier alpha value is -2.66. The van der Waals surface area contributed by atoms with Gasteiger partial charge in [-0.15, -0.1) is 0 Å². The minimum Gasteiger partial charge on any atom is -0.368 e. The number of hydrogen-bond acceptors (Lipinski definition) is 3. The van der Waals surface area contributed by atoms with Crippen LogP contribution in [0.1, 0.15) is 16.7 Å². The van der Waals surface area contributed by atoms with E-state index < -0.39 is 6.04 Å². The van der Waals surface area contributed by atoms with Gasteiger partial charge in [0.2, 0.25) is 11.8 Å². The van der Waals surface area contributed by atoms with Crippen LogP contribution in [0, 0.1) is 0 Å². The molecule has 0 bridgehead atoms. The highest BCUT2D eigenvalue weighted by Gasteiger charge is 2.30. The maximum Gasteiger partial charge on any atom is 0.235 e. The summed E-state index contributed by atoms with van der Waals surface area (Å²) in [4.78, 5) is 25.9. The Kier molecular flexibility index (Phi) is 5.46. The van der Waals surface area contributed by atoms with Gasteiger partial charge in [-0.3, -0.25) is 14.5 Å². The maximum absolute atomic E-state index is 12.3. The second-order valence-electron chi connectivity index (χ2n) is 6.38. The van der Waals surface area contributed by atoms with Gasteiger partial charge in [0.1, 0.15) is 0 Å². The van der Waals surface area contributed by atoms with Crippen LogP contribution >= 0.6 is 0 Å². The van der Waals surface area contributed by atoms with Crippen molar-refractivity contribution in [3.05, 3.63) is 71.3 Å². The van der Waals surface area contributed by atoms with Crippen molar-refractivity contribution in [1.82, 2.24) is 10.2 Å². The molecule has 3 N–H and O–H groups in total.